The first-order chi connectivity index (χ1) is 10.4. The maximum Gasteiger partial charge on any atom is 0.340 e. The molecule has 0 unspecified atom stereocenters. The lowest BCUT2D eigenvalue weighted by atomic mass is 9.87. The van der Waals surface area contributed by atoms with Gasteiger partial charge in [0.1, 0.15) is 11.4 Å². The van der Waals surface area contributed by atoms with Gasteiger partial charge in [0.15, 0.2) is 0 Å². The molecule has 0 fully saturated rings. The summed E-state index contributed by atoms with van der Waals surface area (Å²) >= 11 is 0. The van der Waals surface area contributed by atoms with Crippen molar-refractivity contribution in [2.24, 2.45) is 0 Å². The Morgan fingerprint density at radius 3 is 2.36 bits per heavy atom. The SMILES string of the molecule is O=C1CC=c2cc3c(cc2C1)=CC(C(=O)O)=C(C(=O)O)C3=O. The Labute approximate surface area is 123 Å². The smallest absolute Gasteiger partial charge is 0.340 e. The number of carboxylic acid groups (broad SMARTS) is 2. The fourth-order valence-corrected chi connectivity index (χ4v) is 2.71. The van der Waals surface area contributed by atoms with E-state index in [1.165, 1.54) is 12.1 Å². The van der Waals surface area contributed by atoms with Crippen LogP contribution in [0.3, 0.4) is 0 Å². The number of benzene rings is 1. The van der Waals surface area contributed by atoms with E-state index in [1.807, 2.05) is 0 Å². The molecule has 22 heavy (non-hydrogen) atoms. The van der Waals surface area contributed by atoms with Gasteiger partial charge in [0.05, 0.1) is 5.57 Å². The van der Waals surface area contributed by atoms with Gasteiger partial charge in [0.25, 0.3) is 0 Å². The molecule has 110 valence electrons. The van der Waals surface area contributed by atoms with E-state index in [-0.39, 0.29) is 24.2 Å². The van der Waals surface area contributed by atoms with Gasteiger partial charge in [0, 0.05) is 18.4 Å². The van der Waals surface area contributed by atoms with Gasteiger partial charge in [-0.2, -0.15) is 0 Å². The third-order valence-electron chi connectivity index (χ3n) is 3.73. The molecule has 0 aromatic heterocycles. The molecule has 0 saturated heterocycles. The lowest BCUT2D eigenvalue weighted by molar-refractivity contribution is -0.135. The lowest BCUT2D eigenvalue weighted by Crippen LogP contribution is -2.32. The molecule has 6 heteroatoms. The Bertz CT molecular complexity index is 917. The van der Waals surface area contributed by atoms with Gasteiger partial charge in [-0.25, -0.2) is 9.59 Å². The molecule has 0 spiro atoms. The Kier molecular flexibility index (Phi) is 3.02. The first-order valence-corrected chi connectivity index (χ1v) is 6.50. The molecule has 0 heterocycles. The van der Waals surface area contributed by atoms with Crippen molar-refractivity contribution in [1.82, 2.24) is 0 Å². The van der Waals surface area contributed by atoms with Gasteiger partial charge in [-0.1, -0.05) is 6.08 Å². The zero-order valence-electron chi connectivity index (χ0n) is 11.3. The van der Waals surface area contributed by atoms with E-state index in [2.05, 4.69) is 0 Å². The Balaban J connectivity index is 2.33. The fourth-order valence-electron chi connectivity index (χ4n) is 2.71. The van der Waals surface area contributed by atoms with Gasteiger partial charge in [-0.3, -0.25) is 9.59 Å². The minimum atomic E-state index is -1.57. The van der Waals surface area contributed by atoms with Crippen molar-refractivity contribution >= 4 is 35.7 Å². The Morgan fingerprint density at radius 2 is 1.73 bits per heavy atom. The third kappa shape index (κ3) is 2.05. The average Bonchev–Trinajstić information content (AvgIpc) is 2.44. The first-order valence-electron chi connectivity index (χ1n) is 6.50. The number of carbonyl (C=O) groups excluding carboxylic acids is 2. The van der Waals surface area contributed by atoms with Crippen molar-refractivity contribution in [3.8, 4) is 0 Å². The van der Waals surface area contributed by atoms with Crippen LogP contribution < -0.4 is 10.4 Å². The van der Waals surface area contributed by atoms with Gasteiger partial charge in [0.2, 0.25) is 5.78 Å². The summed E-state index contributed by atoms with van der Waals surface area (Å²) in [6, 6.07) is 3.11. The number of hydrogen-bond donors (Lipinski definition) is 2. The maximum atomic E-state index is 12.3. The molecule has 2 aliphatic carbocycles. The van der Waals surface area contributed by atoms with Crippen molar-refractivity contribution in [2.45, 2.75) is 12.8 Å². The topological polar surface area (TPSA) is 109 Å². The summed E-state index contributed by atoms with van der Waals surface area (Å²) in [5, 5.41) is 19.3. The van der Waals surface area contributed by atoms with Crippen LogP contribution in [0.4, 0.5) is 0 Å². The minimum Gasteiger partial charge on any atom is -0.478 e. The molecule has 3 rings (SSSR count). The molecule has 2 aliphatic rings. The molecule has 1 aromatic rings. The molecule has 0 atom stereocenters. The molecular formula is C16H10O6. The van der Waals surface area contributed by atoms with E-state index in [0.29, 0.717) is 16.0 Å². The second kappa shape index (κ2) is 4.77. The van der Waals surface area contributed by atoms with Crippen molar-refractivity contribution in [2.75, 3.05) is 0 Å². The van der Waals surface area contributed by atoms with Gasteiger partial charge < -0.3 is 10.2 Å². The van der Waals surface area contributed by atoms with Crippen molar-refractivity contribution in [3.63, 3.8) is 0 Å². The van der Waals surface area contributed by atoms with Gasteiger partial charge in [-0.15, -0.1) is 0 Å². The Morgan fingerprint density at radius 1 is 1.00 bits per heavy atom. The minimum absolute atomic E-state index is 0.0369. The van der Waals surface area contributed by atoms with E-state index in [0.717, 1.165) is 0 Å². The molecule has 1 aromatic carbocycles. The molecule has 0 bridgehead atoms. The van der Waals surface area contributed by atoms with Gasteiger partial charge >= 0.3 is 11.9 Å². The summed E-state index contributed by atoms with van der Waals surface area (Å²) < 4.78 is 0. The Hall–Kier alpha value is -3.02. The number of carboxylic acids is 2. The highest BCUT2D eigenvalue weighted by Gasteiger charge is 2.30. The molecule has 0 aliphatic heterocycles. The normalized spacial score (nSPS) is 16.4. The summed E-state index contributed by atoms with van der Waals surface area (Å²) in [6.45, 7) is 0. The van der Waals surface area contributed by atoms with E-state index >= 15 is 0 Å². The van der Waals surface area contributed by atoms with Crippen LogP contribution in [0, 0.1) is 0 Å². The van der Waals surface area contributed by atoms with Crippen LogP contribution in [0.1, 0.15) is 22.3 Å². The van der Waals surface area contributed by atoms with Crippen molar-refractivity contribution < 1.29 is 29.4 Å². The fraction of sp³-hybridized carbons (Fsp3) is 0.125. The summed E-state index contributed by atoms with van der Waals surface area (Å²) in [5.41, 5.74) is -0.433. The van der Waals surface area contributed by atoms with E-state index in [4.69, 9.17) is 10.2 Å². The number of fused-ring (bicyclic) bond motifs is 2. The van der Waals surface area contributed by atoms with E-state index in [1.54, 1.807) is 12.1 Å². The van der Waals surface area contributed by atoms with Crippen LogP contribution in [0.25, 0.3) is 12.2 Å². The average molecular weight is 298 g/mol. The summed E-state index contributed by atoms with van der Waals surface area (Å²) in [4.78, 5) is 46.2. The number of rotatable bonds is 2. The number of Topliss-reactive ketones (excluding diaryl/α,β-unsaturated/α-hetero) is 2. The van der Waals surface area contributed by atoms with Crippen LogP contribution in [-0.4, -0.2) is 33.7 Å². The van der Waals surface area contributed by atoms with Crippen LogP contribution in [0.2, 0.25) is 0 Å². The predicted molar refractivity (Wildman–Crippen MR) is 74.6 cm³/mol. The van der Waals surface area contributed by atoms with Crippen molar-refractivity contribution in [3.05, 3.63) is 44.8 Å². The quantitative estimate of drug-likeness (QED) is 0.707. The van der Waals surface area contributed by atoms with E-state index in [9.17, 15) is 19.2 Å². The standard InChI is InChI=1S/C16H10O6/c17-10-2-1-7-5-11-9(3-8(7)4-10)6-12(15(19)20)13(14(11)18)16(21)22/h1,3,5-6H,2,4H2,(H,19,20)(H,21,22). The third-order valence-corrected chi connectivity index (χ3v) is 3.73. The number of carbonyl (C=O) groups is 4. The molecule has 2 N–H and O–H groups in total. The highest BCUT2D eigenvalue weighted by atomic mass is 16.4. The molecule has 0 radical (unpaired) electrons. The number of hydrogen-bond acceptors (Lipinski definition) is 4. The maximum absolute atomic E-state index is 12.3. The monoisotopic (exact) mass is 298 g/mol. The summed E-state index contributed by atoms with van der Waals surface area (Å²) in [5.74, 6) is -3.83. The van der Waals surface area contributed by atoms with Crippen LogP contribution in [-0.2, 0) is 20.8 Å². The molecule has 0 saturated carbocycles. The van der Waals surface area contributed by atoms with Crippen LogP contribution >= 0.6 is 0 Å². The largest absolute Gasteiger partial charge is 0.478 e. The first kappa shape index (κ1) is 13.9. The van der Waals surface area contributed by atoms with E-state index < -0.39 is 28.9 Å². The second-order valence-electron chi connectivity index (χ2n) is 5.13. The predicted octanol–water partition coefficient (Wildman–Crippen LogP) is -0.575. The van der Waals surface area contributed by atoms with Gasteiger partial charge in [-0.05, 0) is 34.2 Å². The van der Waals surface area contributed by atoms with Crippen LogP contribution in [0.15, 0.2) is 23.3 Å². The number of aliphatic carboxylic acids is 2. The zero-order valence-corrected chi connectivity index (χ0v) is 11.3. The molecule has 0 amide bonds. The van der Waals surface area contributed by atoms with Crippen LogP contribution in [0.5, 0.6) is 0 Å². The summed E-state index contributed by atoms with van der Waals surface area (Å²) in [7, 11) is 0. The molecule has 6 nitrogen and oxygen atoms in total. The highest BCUT2D eigenvalue weighted by molar-refractivity contribution is 6.30. The summed E-state index contributed by atoms with van der Waals surface area (Å²) in [6.07, 6.45) is 3.35. The second-order valence-corrected chi connectivity index (χ2v) is 5.13. The lowest BCUT2D eigenvalue weighted by Gasteiger charge is -2.15. The molecular weight excluding hydrogens is 288 g/mol. The highest BCUT2D eigenvalue weighted by Crippen LogP contribution is 2.17. The number of ketones is 2. The van der Waals surface area contributed by atoms with Crippen molar-refractivity contribution in [1.29, 1.82) is 0 Å². The zero-order chi connectivity index (χ0) is 16.0.